The standard InChI is InChI=1S/C19H20F3N3O4/c1-4-9-24(11-16(27)29-3)18(28)17-15(26)10-12(2)25(23-17)14-8-6-5-7-13(14)19(20,21)22/h5-8,10H,4,9,11H2,1-3H3. The number of benzene rings is 1. The lowest BCUT2D eigenvalue weighted by molar-refractivity contribution is -0.141. The van der Waals surface area contributed by atoms with Gasteiger partial charge >= 0.3 is 12.1 Å². The van der Waals surface area contributed by atoms with Crippen molar-refractivity contribution in [3.05, 3.63) is 57.5 Å². The van der Waals surface area contributed by atoms with E-state index in [4.69, 9.17) is 0 Å². The Kier molecular flexibility index (Phi) is 6.78. The lowest BCUT2D eigenvalue weighted by Crippen LogP contribution is -2.40. The topological polar surface area (TPSA) is 81.5 Å². The third kappa shape index (κ3) is 5.01. The fraction of sp³-hybridized carbons (Fsp3) is 0.368. The molecule has 10 heteroatoms. The van der Waals surface area contributed by atoms with Crippen LogP contribution in [0.25, 0.3) is 5.69 Å². The summed E-state index contributed by atoms with van der Waals surface area (Å²) in [4.78, 5) is 37.8. The average molecular weight is 411 g/mol. The van der Waals surface area contributed by atoms with Crippen LogP contribution in [0, 0.1) is 6.92 Å². The molecule has 0 aliphatic rings. The lowest BCUT2D eigenvalue weighted by Gasteiger charge is -2.21. The van der Waals surface area contributed by atoms with Crippen molar-refractivity contribution in [1.29, 1.82) is 0 Å². The lowest BCUT2D eigenvalue weighted by atomic mass is 10.1. The first-order chi connectivity index (χ1) is 13.6. The van der Waals surface area contributed by atoms with Crippen LogP contribution >= 0.6 is 0 Å². The summed E-state index contributed by atoms with van der Waals surface area (Å²) in [5.41, 5.74) is -2.48. The van der Waals surface area contributed by atoms with Gasteiger partial charge in [-0.25, -0.2) is 4.68 Å². The highest BCUT2D eigenvalue weighted by Crippen LogP contribution is 2.33. The fourth-order valence-electron chi connectivity index (χ4n) is 2.73. The maximum atomic E-state index is 13.4. The molecule has 0 fully saturated rings. The Hall–Kier alpha value is -3.17. The summed E-state index contributed by atoms with van der Waals surface area (Å²) in [6.45, 7) is 2.91. The van der Waals surface area contributed by atoms with E-state index < -0.39 is 41.3 Å². The molecule has 29 heavy (non-hydrogen) atoms. The minimum Gasteiger partial charge on any atom is -0.468 e. The van der Waals surface area contributed by atoms with Crippen molar-refractivity contribution in [2.24, 2.45) is 0 Å². The minimum absolute atomic E-state index is 0.123. The van der Waals surface area contributed by atoms with Crippen molar-refractivity contribution in [2.75, 3.05) is 20.2 Å². The van der Waals surface area contributed by atoms with Gasteiger partial charge in [-0.15, -0.1) is 0 Å². The second-order valence-electron chi connectivity index (χ2n) is 6.23. The van der Waals surface area contributed by atoms with Crippen molar-refractivity contribution in [2.45, 2.75) is 26.4 Å². The Bertz CT molecular complexity index is 970. The zero-order chi connectivity index (χ0) is 21.8. The number of methoxy groups -OCH3 is 1. The summed E-state index contributed by atoms with van der Waals surface area (Å²) in [5, 5.41) is 3.91. The van der Waals surface area contributed by atoms with Crippen LogP contribution in [-0.2, 0) is 15.7 Å². The van der Waals surface area contributed by atoms with Crippen molar-refractivity contribution in [3.63, 3.8) is 0 Å². The van der Waals surface area contributed by atoms with Crippen LogP contribution in [-0.4, -0.2) is 46.8 Å². The number of rotatable bonds is 6. The predicted octanol–water partition coefficient (Wildman–Crippen LogP) is 2.58. The molecule has 1 amide bonds. The molecule has 7 nitrogen and oxygen atoms in total. The van der Waals surface area contributed by atoms with Crippen molar-refractivity contribution >= 4 is 11.9 Å². The number of nitrogens with zero attached hydrogens (tertiary/aromatic N) is 3. The Labute approximate surface area is 164 Å². The van der Waals surface area contributed by atoms with E-state index >= 15 is 0 Å². The van der Waals surface area contributed by atoms with E-state index in [-0.39, 0.29) is 17.9 Å². The number of alkyl halides is 3. The van der Waals surface area contributed by atoms with Gasteiger partial charge in [-0.2, -0.15) is 18.3 Å². The van der Waals surface area contributed by atoms with Crippen LogP contribution in [0.4, 0.5) is 13.2 Å². The van der Waals surface area contributed by atoms with Crippen LogP contribution in [0.1, 0.15) is 35.1 Å². The van der Waals surface area contributed by atoms with Gasteiger partial charge in [0.25, 0.3) is 5.91 Å². The zero-order valence-electron chi connectivity index (χ0n) is 16.1. The molecule has 0 atom stereocenters. The number of amides is 1. The number of halogens is 3. The van der Waals surface area contributed by atoms with E-state index in [9.17, 15) is 27.6 Å². The Morgan fingerprint density at radius 1 is 1.24 bits per heavy atom. The highest BCUT2D eigenvalue weighted by molar-refractivity contribution is 5.94. The minimum atomic E-state index is -4.66. The van der Waals surface area contributed by atoms with Gasteiger partial charge in [-0.3, -0.25) is 14.4 Å². The monoisotopic (exact) mass is 411 g/mol. The molecule has 1 aromatic heterocycles. The van der Waals surface area contributed by atoms with E-state index in [0.29, 0.717) is 6.42 Å². The van der Waals surface area contributed by atoms with Gasteiger partial charge in [0.1, 0.15) is 6.54 Å². The highest BCUT2D eigenvalue weighted by atomic mass is 19.4. The van der Waals surface area contributed by atoms with E-state index in [1.807, 2.05) is 0 Å². The summed E-state index contributed by atoms with van der Waals surface area (Å²) in [6, 6.07) is 5.74. The number of esters is 1. The molecule has 0 aliphatic carbocycles. The van der Waals surface area contributed by atoms with Gasteiger partial charge in [0.2, 0.25) is 5.43 Å². The molecular weight excluding hydrogens is 391 g/mol. The Morgan fingerprint density at radius 3 is 2.48 bits per heavy atom. The number of carbonyl (C=O) groups excluding carboxylic acids is 2. The number of hydrogen-bond acceptors (Lipinski definition) is 5. The smallest absolute Gasteiger partial charge is 0.418 e. The zero-order valence-corrected chi connectivity index (χ0v) is 16.1. The summed E-state index contributed by atoms with van der Waals surface area (Å²) in [5.74, 6) is -1.55. The molecule has 1 aromatic carbocycles. The molecular formula is C19H20F3N3O4. The quantitative estimate of drug-likeness (QED) is 0.683. The van der Waals surface area contributed by atoms with Crippen LogP contribution in [0.15, 0.2) is 35.1 Å². The van der Waals surface area contributed by atoms with E-state index in [1.54, 1.807) is 6.92 Å². The first kappa shape index (κ1) is 22.1. The van der Waals surface area contributed by atoms with Crippen molar-refractivity contribution in [1.82, 2.24) is 14.7 Å². The third-order valence-corrected chi connectivity index (χ3v) is 4.08. The summed E-state index contributed by atoms with van der Waals surface area (Å²) >= 11 is 0. The van der Waals surface area contributed by atoms with Gasteiger partial charge in [0.15, 0.2) is 5.69 Å². The molecule has 0 N–H and O–H groups in total. The molecule has 0 saturated carbocycles. The molecule has 2 rings (SSSR count). The van der Waals surface area contributed by atoms with Crippen LogP contribution in [0.5, 0.6) is 0 Å². The van der Waals surface area contributed by atoms with Gasteiger partial charge in [-0.05, 0) is 25.5 Å². The summed E-state index contributed by atoms with van der Waals surface area (Å²) in [6.07, 6.45) is -4.17. The van der Waals surface area contributed by atoms with Crippen LogP contribution in [0.2, 0.25) is 0 Å². The molecule has 0 bridgehead atoms. The van der Waals surface area contributed by atoms with Gasteiger partial charge < -0.3 is 9.64 Å². The SMILES string of the molecule is CCCN(CC(=O)OC)C(=O)c1nn(-c2ccccc2C(F)(F)F)c(C)cc1=O. The number of aromatic nitrogens is 2. The van der Waals surface area contributed by atoms with E-state index in [2.05, 4.69) is 9.84 Å². The molecule has 1 heterocycles. The Balaban J connectivity index is 2.59. The fourth-order valence-corrected chi connectivity index (χ4v) is 2.73. The number of ether oxygens (including phenoxy) is 1. The van der Waals surface area contributed by atoms with Gasteiger partial charge in [0.05, 0.1) is 18.4 Å². The summed E-state index contributed by atoms with van der Waals surface area (Å²) in [7, 11) is 1.15. The van der Waals surface area contributed by atoms with E-state index in [0.717, 1.165) is 28.8 Å². The van der Waals surface area contributed by atoms with Crippen molar-refractivity contribution in [3.8, 4) is 5.69 Å². The first-order valence-electron chi connectivity index (χ1n) is 8.73. The third-order valence-electron chi connectivity index (χ3n) is 4.08. The molecule has 0 aliphatic heterocycles. The largest absolute Gasteiger partial charge is 0.468 e. The maximum Gasteiger partial charge on any atom is 0.418 e. The predicted molar refractivity (Wildman–Crippen MR) is 97.8 cm³/mol. The number of para-hydroxylation sites is 1. The van der Waals surface area contributed by atoms with Gasteiger partial charge in [0, 0.05) is 18.3 Å². The molecule has 156 valence electrons. The first-order valence-corrected chi connectivity index (χ1v) is 8.73. The number of aryl methyl sites for hydroxylation is 1. The normalized spacial score (nSPS) is 11.2. The maximum absolute atomic E-state index is 13.4. The van der Waals surface area contributed by atoms with E-state index in [1.165, 1.54) is 25.1 Å². The highest BCUT2D eigenvalue weighted by Gasteiger charge is 2.34. The molecule has 0 spiro atoms. The molecule has 0 unspecified atom stereocenters. The molecule has 0 radical (unpaired) electrons. The van der Waals surface area contributed by atoms with Crippen LogP contribution < -0.4 is 5.43 Å². The number of hydrogen-bond donors (Lipinski definition) is 0. The number of carbonyl (C=O) groups is 2. The average Bonchev–Trinajstić information content (AvgIpc) is 2.66. The van der Waals surface area contributed by atoms with Crippen molar-refractivity contribution < 1.29 is 27.5 Å². The molecule has 0 saturated heterocycles. The van der Waals surface area contributed by atoms with Gasteiger partial charge in [-0.1, -0.05) is 19.1 Å². The van der Waals surface area contributed by atoms with Crippen LogP contribution in [0.3, 0.4) is 0 Å². The Morgan fingerprint density at radius 2 is 1.90 bits per heavy atom. The second-order valence-corrected chi connectivity index (χ2v) is 6.23. The summed E-state index contributed by atoms with van der Waals surface area (Å²) < 4.78 is 45.6. The molecule has 2 aromatic rings. The second kappa shape index (κ2) is 8.89.